The average Bonchev–Trinajstić information content (AvgIpc) is 2.25. The minimum atomic E-state index is -0.241. The standard InChI is InChI=1S/C12H18O3/c1-10(13)3-4-11-5-7-12(8-6-11)15-9-14-2/h5-8,10,13H,3-4,9H2,1-2H3. The molecule has 3 nitrogen and oxygen atoms in total. The Balaban J connectivity index is 2.41. The van der Waals surface area contributed by atoms with E-state index in [2.05, 4.69) is 0 Å². The fourth-order valence-corrected chi connectivity index (χ4v) is 1.25. The highest BCUT2D eigenvalue weighted by atomic mass is 16.7. The van der Waals surface area contributed by atoms with E-state index in [9.17, 15) is 0 Å². The molecule has 0 aromatic heterocycles. The highest BCUT2D eigenvalue weighted by Crippen LogP contribution is 2.13. The van der Waals surface area contributed by atoms with Gasteiger partial charge in [0, 0.05) is 7.11 Å². The molecule has 1 N–H and O–H groups in total. The van der Waals surface area contributed by atoms with Crippen molar-refractivity contribution >= 4 is 0 Å². The van der Waals surface area contributed by atoms with Crippen molar-refractivity contribution in [2.75, 3.05) is 13.9 Å². The van der Waals surface area contributed by atoms with Gasteiger partial charge in [-0.1, -0.05) is 12.1 Å². The quantitative estimate of drug-likeness (QED) is 0.730. The van der Waals surface area contributed by atoms with Gasteiger partial charge in [-0.05, 0) is 37.5 Å². The first-order valence-corrected chi connectivity index (χ1v) is 5.11. The van der Waals surface area contributed by atoms with Crippen LogP contribution in [0.5, 0.6) is 5.75 Å². The van der Waals surface area contributed by atoms with E-state index in [-0.39, 0.29) is 12.9 Å². The maximum Gasteiger partial charge on any atom is 0.188 e. The molecule has 0 heterocycles. The Morgan fingerprint density at radius 3 is 2.47 bits per heavy atom. The number of benzene rings is 1. The van der Waals surface area contributed by atoms with Crippen molar-refractivity contribution in [2.24, 2.45) is 0 Å². The molecule has 15 heavy (non-hydrogen) atoms. The fourth-order valence-electron chi connectivity index (χ4n) is 1.25. The van der Waals surface area contributed by atoms with Gasteiger partial charge in [-0.25, -0.2) is 0 Å². The third-order valence-corrected chi connectivity index (χ3v) is 2.12. The van der Waals surface area contributed by atoms with Crippen LogP contribution in [0.1, 0.15) is 18.9 Å². The van der Waals surface area contributed by atoms with Crippen LogP contribution in [0.2, 0.25) is 0 Å². The molecule has 0 spiro atoms. The van der Waals surface area contributed by atoms with Crippen molar-refractivity contribution in [3.8, 4) is 5.75 Å². The van der Waals surface area contributed by atoms with Crippen LogP contribution in [0, 0.1) is 0 Å². The Morgan fingerprint density at radius 2 is 1.93 bits per heavy atom. The topological polar surface area (TPSA) is 38.7 Å². The molecule has 1 aromatic rings. The van der Waals surface area contributed by atoms with Crippen molar-refractivity contribution in [2.45, 2.75) is 25.9 Å². The average molecular weight is 210 g/mol. The van der Waals surface area contributed by atoms with Crippen LogP contribution in [0.25, 0.3) is 0 Å². The van der Waals surface area contributed by atoms with E-state index in [4.69, 9.17) is 14.6 Å². The second-order valence-electron chi connectivity index (χ2n) is 3.58. The lowest BCUT2D eigenvalue weighted by atomic mass is 10.1. The summed E-state index contributed by atoms with van der Waals surface area (Å²) in [4.78, 5) is 0. The largest absolute Gasteiger partial charge is 0.468 e. The zero-order valence-electron chi connectivity index (χ0n) is 9.27. The van der Waals surface area contributed by atoms with Crippen LogP contribution in [0.4, 0.5) is 0 Å². The number of rotatable bonds is 6. The maximum atomic E-state index is 9.14. The Kier molecular flexibility index (Phi) is 5.15. The summed E-state index contributed by atoms with van der Waals surface area (Å²) in [5, 5.41) is 9.14. The Labute approximate surface area is 90.6 Å². The SMILES string of the molecule is COCOc1ccc(CCC(C)O)cc1. The third kappa shape index (κ3) is 4.81. The van der Waals surface area contributed by atoms with E-state index >= 15 is 0 Å². The van der Waals surface area contributed by atoms with Gasteiger partial charge >= 0.3 is 0 Å². The molecule has 1 atom stereocenters. The number of hydrogen-bond donors (Lipinski definition) is 1. The van der Waals surface area contributed by atoms with Crippen LogP contribution < -0.4 is 4.74 Å². The minimum Gasteiger partial charge on any atom is -0.468 e. The van der Waals surface area contributed by atoms with E-state index in [1.165, 1.54) is 5.56 Å². The lowest BCUT2D eigenvalue weighted by molar-refractivity contribution is 0.0511. The van der Waals surface area contributed by atoms with E-state index in [0.717, 1.165) is 18.6 Å². The number of aryl methyl sites for hydroxylation is 1. The lowest BCUT2D eigenvalue weighted by Crippen LogP contribution is -2.01. The van der Waals surface area contributed by atoms with E-state index < -0.39 is 0 Å². The summed E-state index contributed by atoms with van der Waals surface area (Å²) in [5.41, 5.74) is 1.21. The molecule has 1 unspecified atom stereocenters. The molecule has 1 aromatic carbocycles. The summed E-state index contributed by atoms with van der Waals surface area (Å²) >= 11 is 0. The van der Waals surface area contributed by atoms with Crippen LogP contribution in [0.15, 0.2) is 24.3 Å². The van der Waals surface area contributed by atoms with E-state index in [0.29, 0.717) is 0 Å². The monoisotopic (exact) mass is 210 g/mol. The molecule has 0 fully saturated rings. The number of hydrogen-bond acceptors (Lipinski definition) is 3. The van der Waals surface area contributed by atoms with E-state index in [1.54, 1.807) is 14.0 Å². The van der Waals surface area contributed by atoms with Gasteiger partial charge in [-0.2, -0.15) is 0 Å². The van der Waals surface area contributed by atoms with Crippen LogP contribution in [-0.2, 0) is 11.2 Å². The molecule has 3 heteroatoms. The minimum absolute atomic E-state index is 0.241. The normalized spacial score (nSPS) is 12.5. The summed E-state index contributed by atoms with van der Waals surface area (Å²) in [7, 11) is 1.59. The lowest BCUT2D eigenvalue weighted by Gasteiger charge is -2.06. The molecular formula is C12H18O3. The first kappa shape index (κ1) is 12.0. The van der Waals surface area contributed by atoms with Gasteiger partial charge in [-0.15, -0.1) is 0 Å². The van der Waals surface area contributed by atoms with Crippen LogP contribution in [-0.4, -0.2) is 25.1 Å². The van der Waals surface area contributed by atoms with Gasteiger partial charge in [0.15, 0.2) is 6.79 Å². The second-order valence-corrected chi connectivity index (χ2v) is 3.58. The van der Waals surface area contributed by atoms with Gasteiger partial charge in [-0.3, -0.25) is 0 Å². The number of aliphatic hydroxyl groups excluding tert-OH is 1. The molecule has 0 saturated heterocycles. The highest BCUT2D eigenvalue weighted by Gasteiger charge is 1.98. The molecule has 0 aliphatic heterocycles. The molecular weight excluding hydrogens is 192 g/mol. The molecule has 84 valence electrons. The highest BCUT2D eigenvalue weighted by molar-refractivity contribution is 5.27. The van der Waals surface area contributed by atoms with Gasteiger partial charge in [0.1, 0.15) is 5.75 Å². The smallest absolute Gasteiger partial charge is 0.188 e. The summed E-state index contributed by atoms with van der Waals surface area (Å²) < 4.78 is 10.1. The van der Waals surface area contributed by atoms with Crippen molar-refractivity contribution < 1.29 is 14.6 Å². The molecule has 0 saturated carbocycles. The molecule has 1 rings (SSSR count). The van der Waals surface area contributed by atoms with Crippen molar-refractivity contribution in [3.63, 3.8) is 0 Å². The predicted octanol–water partition coefficient (Wildman–Crippen LogP) is 1.98. The van der Waals surface area contributed by atoms with Gasteiger partial charge in [0.05, 0.1) is 6.10 Å². The van der Waals surface area contributed by atoms with Crippen molar-refractivity contribution in [1.29, 1.82) is 0 Å². The predicted molar refractivity (Wildman–Crippen MR) is 58.9 cm³/mol. The van der Waals surface area contributed by atoms with Gasteiger partial charge in [0.25, 0.3) is 0 Å². The Morgan fingerprint density at radius 1 is 1.27 bits per heavy atom. The first-order chi connectivity index (χ1) is 7.22. The summed E-state index contributed by atoms with van der Waals surface area (Å²) in [6.07, 6.45) is 1.44. The molecule has 0 amide bonds. The summed E-state index contributed by atoms with van der Waals surface area (Å²) in [6.45, 7) is 2.07. The zero-order chi connectivity index (χ0) is 11.1. The molecule has 0 aliphatic rings. The van der Waals surface area contributed by atoms with Crippen molar-refractivity contribution in [3.05, 3.63) is 29.8 Å². The molecule has 0 bridgehead atoms. The molecule has 0 radical (unpaired) electrons. The molecule has 0 aliphatic carbocycles. The Bertz CT molecular complexity index is 267. The third-order valence-electron chi connectivity index (χ3n) is 2.12. The first-order valence-electron chi connectivity index (χ1n) is 5.11. The number of aliphatic hydroxyl groups is 1. The summed E-state index contributed by atoms with van der Waals surface area (Å²) in [6, 6.07) is 7.84. The van der Waals surface area contributed by atoms with Crippen LogP contribution >= 0.6 is 0 Å². The fraction of sp³-hybridized carbons (Fsp3) is 0.500. The maximum absolute atomic E-state index is 9.14. The zero-order valence-corrected chi connectivity index (χ0v) is 9.27. The number of methoxy groups -OCH3 is 1. The van der Waals surface area contributed by atoms with Gasteiger partial charge < -0.3 is 14.6 Å². The summed E-state index contributed by atoms with van der Waals surface area (Å²) in [5.74, 6) is 0.803. The van der Waals surface area contributed by atoms with Crippen LogP contribution in [0.3, 0.4) is 0 Å². The second kappa shape index (κ2) is 6.43. The Hall–Kier alpha value is -1.06. The van der Waals surface area contributed by atoms with Crippen molar-refractivity contribution in [1.82, 2.24) is 0 Å². The van der Waals surface area contributed by atoms with Gasteiger partial charge in [0.2, 0.25) is 0 Å². The van der Waals surface area contributed by atoms with E-state index in [1.807, 2.05) is 24.3 Å². The number of ether oxygens (including phenoxy) is 2.